The molecule has 1 rings (SSSR count). The molecule has 0 aliphatic heterocycles. The van der Waals surface area contributed by atoms with Crippen LogP contribution in [-0.4, -0.2) is 23.4 Å². The number of ether oxygens (including phenoxy) is 1. The summed E-state index contributed by atoms with van der Waals surface area (Å²) in [6.07, 6.45) is 0.150. The van der Waals surface area contributed by atoms with Crippen molar-refractivity contribution in [1.29, 1.82) is 0 Å². The SMILES string of the molecule is CCOC(C)(C)C(O)Cc1ccc(I)cc1. The Kier molecular flexibility index (Phi) is 5.21. The lowest BCUT2D eigenvalue weighted by atomic mass is 9.95. The normalized spacial score (nSPS) is 13.8. The molecule has 1 aromatic rings. The van der Waals surface area contributed by atoms with Crippen molar-refractivity contribution in [3.63, 3.8) is 0 Å². The minimum Gasteiger partial charge on any atom is -0.390 e. The molecule has 3 heteroatoms. The van der Waals surface area contributed by atoms with E-state index in [9.17, 15) is 5.11 Å². The van der Waals surface area contributed by atoms with Gasteiger partial charge in [-0.2, -0.15) is 0 Å². The van der Waals surface area contributed by atoms with Crippen LogP contribution in [0.2, 0.25) is 0 Å². The molecular formula is C13H19IO2. The molecule has 0 aromatic heterocycles. The first-order valence-corrected chi connectivity index (χ1v) is 6.60. The van der Waals surface area contributed by atoms with Crippen molar-refractivity contribution in [2.45, 2.75) is 38.9 Å². The second kappa shape index (κ2) is 5.98. The third kappa shape index (κ3) is 4.03. The van der Waals surface area contributed by atoms with Gasteiger partial charge in [-0.25, -0.2) is 0 Å². The van der Waals surface area contributed by atoms with Crippen molar-refractivity contribution in [3.8, 4) is 0 Å². The smallest absolute Gasteiger partial charge is 0.0887 e. The molecule has 0 spiro atoms. The van der Waals surface area contributed by atoms with Gasteiger partial charge in [0.05, 0.1) is 11.7 Å². The lowest BCUT2D eigenvalue weighted by Crippen LogP contribution is -2.40. The first kappa shape index (κ1) is 13.9. The molecule has 1 N–H and O–H groups in total. The summed E-state index contributed by atoms with van der Waals surface area (Å²) in [7, 11) is 0. The van der Waals surface area contributed by atoms with E-state index in [0.717, 1.165) is 5.56 Å². The van der Waals surface area contributed by atoms with E-state index in [1.165, 1.54) is 3.57 Å². The topological polar surface area (TPSA) is 29.5 Å². The molecule has 1 unspecified atom stereocenters. The Hall–Kier alpha value is -0.130. The van der Waals surface area contributed by atoms with Crippen molar-refractivity contribution >= 4 is 22.6 Å². The van der Waals surface area contributed by atoms with Crippen LogP contribution in [0.4, 0.5) is 0 Å². The second-order valence-corrected chi connectivity index (χ2v) is 5.63. The highest BCUT2D eigenvalue weighted by molar-refractivity contribution is 14.1. The monoisotopic (exact) mass is 334 g/mol. The van der Waals surface area contributed by atoms with Crippen molar-refractivity contribution in [2.75, 3.05) is 6.61 Å². The summed E-state index contributed by atoms with van der Waals surface area (Å²) < 4.78 is 6.74. The molecule has 0 saturated carbocycles. The Bertz CT molecular complexity index is 319. The molecule has 0 heterocycles. The fourth-order valence-electron chi connectivity index (χ4n) is 1.56. The summed E-state index contributed by atoms with van der Waals surface area (Å²) in [4.78, 5) is 0. The third-order valence-corrected chi connectivity index (χ3v) is 3.38. The summed E-state index contributed by atoms with van der Waals surface area (Å²) in [5, 5.41) is 10.1. The quantitative estimate of drug-likeness (QED) is 0.839. The van der Waals surface area contributed by atoms with Crippen molar-refractivity contribution in [2.24, 2.45) is 0 Å². The van der Waals surface area contributed by atoms with E-state index in [-0.39, 0.29) is 0 Å². The fraction of sp³-hybridized carbons (Fsp3) is 0.538. The number of aliphatic hydroxyl groups is 1. The van der Waals surface area contributed by atoms with Crippen molar-refractivity contribution < 1.29 is 9.84 Å². The van der Waals surface area contributed by atoms with Crippen LogP contribution in [0.1, 0.15) is 26.3 Å². The summed E-state index contributed by atoms with van der Waals surface area (Å²) in [6.45, 7) is 6.41. The first-order valence-electron chi connectivity index (χ1n) is 5.52. The largest absolute Gasteiger partial charge is 0.390 e. The molecule has 0 radical (unpaired) electrons. The number of halogens is 1. The number of rotatable bonds is 5. The zero-order valence-corrected chi connectivity index (χ0v) is 12.2. The minimum absolute atomic E-state index is 0.479. The molecular weight excluding hydrogens is 315 g/mol. The summed E-state index contributed by atoms with van der Waals surface area (Å²) in [6, 6.07) is 8.20. The molecule has 0 amide bonds. The molecule has 90 valence electrons. The predicted molar refractivity (Wildman–Crippen MR) is 74.6 cm³/mol. The molecule has 0 aliphatic rings. The van der Waals surface area contributed by atoms with Crippen molar-refractivity contribution in [1.82, 2.24) is 0 Å². The van der Waals surface area contributed by atoms with E-state index in [2.05, 4.69) is 34.7 Å². The van der Waals surface area contributed by atoms with Crippen LogP contribution in [-0.2, 0) is 11.2 Å². The lowest BCUT2D eigenvalue weighted by molar-refractivity contribution is -0.0955. The molecule has 1 aromatic carbocycles. The minimum atomic E-state index is -0.488. The third-order valence-electron chi connectivity index (χ3n) is 2.66. The summed E-state index contributed by atoms with van der Waals surface area (Å²) in [5.41, 5.74) is 0.651. The molecule has 1 atom stereocenters. The Morgan fingerprint density at radius 1 is 1.31 bits per heavy atom. The summed E-state index contributed by atoms with van der Waals surface area (Å²) in [5.74, 6) is 0. The van der Waals surface area contributed by atoms with Gasteiger partial charge in [0.2, 0.25) is 0 Å². The molecule has 2 nitrogen and oxygen atoms in total. The highest BCUT2D eigenvalue weighted by Crippen LogP contribution is 2.19. The van der Waals surface area contributed by atoms with E-state index < -0.39 is 11.7 Å². The standard InChI is InChI=1S/C13H19IO2/c1-4-16-13(2,3)12(15)9-10-5-7-11(14)8-6-10/h5-8,12,15H,4,9H2,1-3H3. The number of hydrogen-bond donors (Lipinski definition) is 1. The van der Waals surface area contributed by atoms with Crippen LogP contribution in [0.5, 0.6) is 0 Å². The highest BCUT2D eigenvalue weighted by Gasteiger charge is 2.28. The number of hydrogen-bond acceptors (Lipinski definition) is 2. The zero-order valence-electron chi connectivity index (χ0n) is 10.0. The maximum absolute atomic E-state index is 10.1. The van der Waals surface area contributed by atoms with Gasteiger partial charge < -0.3 is 9.84 Å². The van der Waals surface area contributed by atoms with Gasteiger partial charge in [0, 0.05) is 16.6 Å². The average Bonchev–Trinajstić information content (AvgIpc) is 2.21. The average molecular weight is 334 g/mol. The Balaban J connectivity index is 2.63. The van der Waals surface area contributed by atoms with Gasteiger partial charge in [-0.3, -0.25) is 0 Å². The zero-order chi connectivity index (χ0) is 12.2. The predicted octanol–water partition coefficient (Wildman–Crippen LogP) is 3.01. The molecule has 0 aliphatic carbocycles. The van der Waals surface area contributed by atoms with Crippen LogP contribution >= 0.6 is 22.6 Å². The molecule has 16 heavy (non-hydrogen) atoms. The molecule has 0 fully saturated rings. The molecule has 0 bridgehead atoms. The van der Waals surface area contributed by atoms with E-state index >= 15 is 0 Å². The van der Waals surface area contributed by atoms with Crippen LogP contribution in [0.15, 0.2) is 24.3 Å². The van der Waals surface area contributed by atoms with E-state index in [1.54, 1.807) is 0 Å². The molecule has 0 saturated heterocycles. The maximum Gasteiger partial charge on any atom is 0.0887 e. The van der Waals surface area contributed by atoms with E-state index in [1.807, 2.05) is 32.9 Å². The van der Waals surface area contributed by atoms with Gasteiger partial charge in [-0.1, -0.05) is 12.1 Å². The van der Waals surface area contributed by atoms with Gasteiger partial charge >= 0.3 is 0 Å². The van der Waals surface area contributed by atoms with Gasteiger partial charge in [0.15, 0.2) is 0 Å². The van der Waals surface area contributed by atoms with Crippen LogP contribution < -0.4 is 0 Å². The first-order chi connectivity index (χ1) is 7.45. The van der Waals surface area contributed by atoms with Crippen molar-refractivity contribution in [3.05, 3.63) is 33.4 Å². The Morgan fingerprint density at radius 3 is 2.38 bits per heavy atom. The van der Waals surface area contributed by atoms with Gasteiger partial charge in [0.25, 0.3) is 0 Å². The Morgan fingerprint density at radius 2 is 1.88 bits per heavy atom. The second-order valence-electron chi connectivity index (χ2n) is 4.38. The number of aliphatic hydroxyl groups excluding tert-OH is 1. The van der Waals surface area contributed by atoms with Gasteiger partial charge in [-0.15, -0.1) is 0 Å². The van der Waals surface area contributed by atoms with E-state index in [0.29, 0.717) is 13.0 Å². The highest BCUT2D eigenvalue weighted by atomic mass is 127. The van der Waals surface area contributed by atoms with Crippen LogP contribution in [0.25, 0.3) is 0 Å². The maximum atomic E-state index is 10.1. The number of benzene rings is 1. The lowest BCUT2D eigenvalue weighted by Gasteiger charge is -2.30. The summed E-state index contributed by atoms with van der Waals surface area (Å²) >= 11 is 2.27. The van der Waals surface area contributed by atoms with Crippen LogP contribution in [0.3, 0.4) is 0 Å². The fourth-order valence-corrected chi connectivity index (χ4v) is 1.92. The van der Waals surface area contributed by atoms with Gasteiger partial charge in [-0.05, 0) is 61.1 Å². The van der Waals surface area contributed by atoms with Gasteiger partial charge in [0.1, 0.15) is 0 Å². The Labute approximate surface area is 111 Å². The van der Waals surface area contributed by atoms with E-state index in [4.69, 9.17) is 4.74 Å². The van der Waals surface area contributed by atoms with Crippen LogP contribution in [0, 0.1) is 3.57 Å².